The Bertz CT molecular complexity index is 1010. The van der Waals surface area contributed by atoms with E-state index in [0.717, 1.165) is 16.7 Å². The minimum Gasteiger partial charge on any atom is -0.338 e. The predicted molar refractivity (Wildman–Crippen MR) is 119 cm³/mol. The van der Waals surface area contributed by atoms with Gasteiger partial charge in [-0.05, 0) is 29.5 Å². The van der Waals surface area contributed by atoms with E-state index in [2.05, 4.69) is 38.2 Å². The number of carbonyl (C=O) groups is 2. The number of piperidine rings is 1. The molecule has 0 aliphatic carbocycles. The fourth-order valence-corrected chi connectivity index (χ4v) is 4.19. The summed E-state index contributed by atoms with van der Waals surface area (Å²) in [6, 6.07) is 15.8. The van der Waals surface area contributed by atoms with Gasteiger partial charge in [-0.1, -0.05) is 63.2 Å². The first-order valence-electron chi connectivity index (χ1n) is 10.6. The third kappa shape index (κ3) is 3.76. The normalized spacial score (nSPS) is 18.3. The highest BCUT2D eigenvalue weighted by Crippen LogP contribution is 2.30. The van der Waals surface area contributed by atoms with Crippen LogP contribution >= 0.6 is 0 Å². The minimum atomic E-state index is -0.600. The average molecular weight is 404 g/mol. The van der Waals surface area contributed by atoms with E-state index < -0.39 is 5.66 Å². The molecule has 0 saturated carbocycles. The van der Waals surface area contributed by atoms with Crippen molar-refractivity contribution in [1.82, 2.24) is 10.2 Å². The summed E-state index contributed by atoms with van der Waals surface area (Å²) in [5.41, 5.74) is 3.75. The first kappa shape index (κ1) is 20.3. The van der Waals surface area contributed by atoms with Gasteiger partial charge in [-0.3, -0.25) is 14.6 Å². The van der Waals surface area contributed by atoms with Gasteiger partial charge < -0.3 is 10.2 Å². The van der Waals surface area contributed by atoms with Crippen molar-refractivity contribution in [3.63, 3.8) is 0 Å². The Morgan fingerprint density at radius 3 is 2.27 bits per heavy atom. The molecule has 5 heteroatoms. The molecule has 2 heterocycles. The van der Waals surface area contributed by atoms with E-state index in [1.54, 1.807) is 0 Å². The van der Waals surface area contributed by atoms with Crippen LogP contribution in [0.15, 0.2) is 53.5 Å². The molecule has 156 valence electrons. The molecule has 4 rings (SSSR count). The van der Waals surface area contributed by atoms with E-state index >= 15 is 0 Å². The van der Waals surface area contributed by atoms with Crippen molar-refractivity contribution in [2.75, 3.05) is 13.1 Å². The lowest BCUT2D eigenvalue weighted by Crippen LogP contribution is -2.52. The van der Waals surface area contributed by atoms with E-state index in [1.165, 1.54) is 5.56 Å². The van der Waals surface area contributed by atoms with E-state index in [4.69, 9.17) is 4.99 Å². The maximum atomic E-state index is 12.9. The first-order valence-corrected chi connectivity index (χ1v) is 10.6. The Morgan fingerprint density at radius 1 is 1.03 bits per heavy atom. The molecule has 2 aliphatic heterocycles. The van der Waals surface area contributed by atoms with Crippen LogP contribution in [0, 0.1) is 6.92 Å². The zero-order chi connectivity index (χ0) is 21.5. The summed E-state index contributed by atoms with van der Waals surface area (Å²) in [6.45, 7) is 9.62. The average Bonchev–Trinajstić information content (AvgIpc) is 3.03. The fraction of sp³-hybridized carbons (Fsp3) is 0.400. The quantitative estimate of drug-likeness (QED) is 0.828. The molecule has 1 spiro atoms. The lowest BCUT2D eigenvalue weighted by atomic mass is 9.86. The van der Waals surface area contributed by atoms with Crippen LogP contribution in [0.25, 0.3) is 0 Å². The Kier molecular flexibility index (Phi) is 5.00. The van der Waals surface area contributed by atoms with Gasteiger partial charge >= 0.3 is 0 Å². The number of rotatable bonds is 2. The van der Waals surface area contributed by atoms with Crippen LogP contribution in [0.3, 0.4) is 0 Å². The van der Waals surface area contributed by atoms with Crippen molar-refractivity contribution in [3.05, 3.63) is 70.8 Å². The molecule has 2 aliphatic rings. The number of nitrogens with zero attached hydrogens (tertiary/aromatic N) is 2. The molecular formula is C25H29N3O2. The second-order valence-electron chi connectivity index (χ2n) is 9.38. The Labute approximate surface area is 178 Å². The van der Waals surface area contributed by atoms with Crippen LogP contribution in [-0.2, 0) is 10.2 Å². The predicted octanol–water partition coefficient (Wildman–Crippen LogP) is 3.84. The number of hydrogen-bond acceptors (Lipinski definition) is 3. The highest BCUT2D eigenvalue weighted by Gasteiger charge is 2.43. The first-order chi connectivity index (χ1) is 14.2. The summed E-state index contributed by atoms with van der Waals surface area (Å²) >= 11 is 0. The van der Waals surface area contributed by atoms with Gasteiger partial charge in [0.2, 0.25) is 0 Å². The van der Waals surface area contributed by atoms with Crippen molar-refractivity contribution >= 4 is 17.5 Å². The third-order valence-electron chi connectivity index (χ3n) is 6.16. The Morgan fingerprint density at radius 2 is 1.67 bits per heavy atom. The molecule has 0 radical (unpaired) electrons. The van der Waals surface area contributed by atoms with Crippen molar-refractivity contribution < 1.29 is 9.59 Å². The van der Waals surface area contributed by atoms with Gasteiger partial charge in [-0.2, -0.15) is 0 Å². The zero-order valence-electron chi connectivity index (χ0n) is 18.2. The van der Waals surface area contributed by atoms with Crippen LogP contribution in [0.2, 0.25) is 0 Å². The second-order valence-corrected chi connectivity index (χ2v) is 9.38. The molecule has 5 nitrogen and oxygen atoms in total. The van der Waals surface area contributed by atoms with Crippen LogP contribution in [0.1, 0.15) is 60.7 Å². The van der Waals surface area contributed by atoms with Crippen molar-refractivity contribution in [2.45, 2.75) is 51.6 Å². The Balaban J connectivity index is 1.49. The molecule has 0 unspecified atom stereocenters. The van der Waals surface area contributed by atoms with Crippen molar-refractivity contribution in [1.29, 1.82) is 0 Å². The largest absolute Gasteiger partial charge is 0.338 e. The summed E-state index contributed by atoms with van der Waals surface area (Å²) in [6.07, 6.45) is 1.25. The van der Waals surface area contributed by atoms with Gasteiger partial charge in [0.15, 0.2) is 0 Å². The second kappa shape index (κ2) is 7.38. The van der Waals surface area contributed by atoms with Gasteiger partial charge in [0.05, 0.1) is 0 Å². The number of likely N-dealkylation sites (tertiary alicyclic amines) is 1. The molecule has 1 fully saturated rings. The topological polar surface area (TPSA) is 61.8 Å². The molecular weight excluding hydrogens is 374 g/mol. The van der Waals surface area contributed by atoms with Crippen LogP contribution < -0.4 is 5.32 Å². The molecule has 1 saturated heterocycles. The van der Waals surface area contributed by atoms with E-state index in [0.29, 0.717) is 31.6 Å². The van der Waals surface area contributed by atoms with Crippen molar-refractivity contribution in [2.24, 2.45) is 4.99 Å². The SMILES string of the molecule is Cc1ccccc1C(=O)N1CCC2(CC1)N=C(c1ccc(C(C)(C)C)cc1)C(=O)N2. The van der Waals surface area contributed by atoms with Gasteiger partial charge in [0, 0.05) is 37.1 Å². The van der Waals surface area contributed by atoms with Gasteiger partial charge in [0.1, 0.15) is 11.4 Å². The Hall–Kier alpha value is -2.95. The maximum Gasteiger partial charge on any atom is 0.272 e. The number of aryl methyl sites for hydroxylation is 1. The molecule has 2 aromatic carbocycles. The number of benzene rings is 2. The van der Waals surface area contributed by atoms with E-state index in [1.807, 2.05) is 48.2 Å². The number of nitrogens with one attached hydrogen (secondary N) is 1. The zero-order valence-corrected chi connectivity index (χ0v) is 18.2. The summed E-state index contributed by atoms with van der Waals surface area (Å²) in [5.74, 6) is -0.0774. The third-order valence-corrected chi connectivity index (χ3v) is 6.16. The van der Waals surface area contributed by atoms with Gasteiger partial charge in [-0.15, -0.1) is 0 Å². The number of hydrogen-bond donors (Lipinski definition) is 1. The summed E-state index contributed by atoms with van der Waals surface area (Å²) in [4.78, 5) is 32.3. The summed E-state index contributed by atoms with van der Waals surface area (Å²) in [5, 5.41) is 3.09. The van der Waals surface area contributed by atoms with E-state index in [-0.39, 0.29) is 17.2 Å². The van der Waals surface area contributed by atoms with Crippen LogP contribution in [0.4, 0.5) is 0 Å². The molecule has 30 heavy (non-hydrogen) atoms. The van der Waals surface area contributed by atoms with Gasteiger partial charge in [0.25, 0.3) is 11.8 Å². The van der Waals surface area contributed by atoms with E-state index in [9.17, 15) is 9.59 Å². The maximum absolute atomic E-state index is 12.9. The molecule has 2 amide bonds. The lowest BCUT2D eigenvalue weighted by Gasteiger charge is -2.37. The molecule has 2 aromatic rings. The number of amides is 2. The molecule has 1 N–H and O–H groups in total. The molecule has 0 atom stereocenters. The van der Waals surface area contributed by atoms with Gasteiger partial charge in [-0.25, -0.2) is 0 Å². The van der Waals surface area contributed by atoms with Crippen LogP contribution in [-0.4, -0.2) is 41.2 Å². The minimum absolute atomic E-state index is 0.0502. The summed E-state index contributed by atoms with van der Waals surface area (Å²) in [7, 11) is 0. The van der Waals surface area contributed by atoms with Crippen LogP contribution in [0.5, 0.6) is 0 Å². The molecule has 0 bridgehead atoms. The fourth-order valence-electron chi connectivity index (χ4n) is 4.19. The standard InChI is InChI=1S/C25H29N3O2/c1-17-7-5-6-8-20(17)23(30)28-15-13-25(14-16-28)26-21(22(29)27-25)18-9-11-19(12-10-18)24(2,3)4/h5-12H,13-16H2,1-4H3,(H,27,29). The monoisotopic (exact) mass is 403 g/mol. The smallest absolute Gasteiger partial charge is 0.272 e. The number of carbonyl (C=O) groups excluding carboxylic acids is 2. The number of aliphatic imine (C=N–C) groups is 1. The highest BCUT2D eigenvalue weighted by atomic mass is 16.2. The summed E-state index contributed by atoms with van der Waals surface area (Å²) < 4.78 is 0. The highest BCUT2D eigenvalue weighted by molar-refractivity contribution is 6.46. The lowest BCUT2D eigenvalue weighted by molar-refractivity contribution is -0.115. The van der Waals surface area contributed by atoms with Crippen molar-refractivity contribution in [3.8, 4) is 0 Å². The molecule has 0 aromatic heterocycles.